The van der Waals surface area contributed by atoms with Crippen LogP contribution in [0.3, 0.4) is 0 Å². The standard InChI is InChI=1S/C17H27N3OS/c1-13(2)19-10-6-14(7-11-19)17(21)20-9-4-3-5-15(20)16-18-8-12-22-16/h8,12-15H,3-7,9-11H2,1-2H3/t15-/m0/s1. The average molecular weight is 321 g/mol. The zero-order valence-electron chi connectivity index (χ0n) is 13.7. The predicted octanol–water partition coefficient (Wildman–Crippen LogP) is 3.32. The van der Waals surface area contributed by atoms with E-state index in [0.717, 1.165) is 50.3 Å². The molecule has 3 heterocycles. The molecule has 2 aliphatic heterocycles. The Balaban J connectivity index is 1.65. The van der Waals surface area contributed by atoms with Gasteiger partial charge in [-0.1, -0.05) is 0 Å². The van der Waals surface area contributed by atoms with Gasteiger partial charge in [-0.05, 0) is 59.0 Å². The molecule has 122 valence electrons. The lowest BCUT2D eigenvalue weighted by molar-refractivity contribution is -0.141. The minimum atomic E-state index is 0.218. The van der Waals surface area contributed by atoms with E-state index >= 15 is 0 Å². The molecule has 5 heteroatoms. The molecule has 0 saturated carbocycles. The monoisotopic (exact) mass is 321 g/mol. The molecule has 4 nitrogen and oxygen atoms in total. The molecule has 0 aromatic carbocycles. The number of hydrogen-bond acceptors (Lipinski definition) is 4. The number of nitrogens with zero attached hydrogens (tertiary/aromatic N) is 3. The second-order valence-corrected chi connectivity index (χ2v) is 7.74. The van der Waals surface area contributed by atoms with Crippen molar-refractivity contribution in [3.05, 3.63) is 16.6 Å². The van der Waals surface area contributed by atoms with Gasteiger partial charge in [0.2, 0.25) is 5.91 Å². The smallest absolute Gasteiger partial charge is 0.226 e. The summed E-state index contributed by atoms with van der Waals surface area (Å²) in [5.41, 5.74) is 0. The molecule has 0 radical (unpaired) electrons. The maximum absolute atomic E-state index is 13.0. The van der Waals surface area contributed by atoms with Crippen LogP contribution < -0.4 is 0 Å². The topological polar surface area (TPSA) is 36.4 Å². The molecular formula is C17H27N3OS. The Morgan fingerprint density at radius 3 is 2.64 bits per heavy atom. The first-order valence-electron chi connectivity index (χ1n) is 8.60. The third kappa shape index (κ3) is 3.35. The number of carbonyl (C=O) groups is 1. The molecule has 2 aliphatic rings. The summed E-state index contributed by atoms with van der Waals surface area (Å²) in [5.74, 6) is 0.596. The number of thiazole rings is 1. The van der Waals surface area contributed by atoms with Crippen molar-refractivity contribution < 1.29 is 4.79 Å². The Labute approximate surface area is 137 Å². The van der Waals surface area contributed by atoms with Crippen molar-refractivity contribution in [2.24, 2.45) is 5.92 Å². The van der Waals surface area contributed by atoms with E-state index in [4.69, 9.17) is 0 Å². The quantitative estimate of drug-likeness (QED) is 0.857. The summed E-state index contributed by atoms with van der Waals surface area (Å²) in [4.78, 5) is 22.1. The first-order valence-corrected chi connectivity index (χ1v) is 9.48. The summed E-state index contributed by atoms with van der Waals surface area (Å²) in [6.45, 7) is 7.51. The fourth-order valence-corrected chi connectivity index (χ4v) is 4.53. The lowest BCUT2D eigenvalue weighted by Gasteiger charge is -2.40. The van der Waals surface area contributed by atoms with Crippen LogP contribution in [0.25, 0.3) is 0 Å². The van der Waals surface area contributed by atoms with Crippen molar-refractivity contribution in [1.29, 1.82) is 0 Å². The summed E-state index contributed by atoms with van der Waals surface area (Å²) < 4.78 is 0. The first-order chi connectivity index (χ1) is 10.7. The van der Waals surface area contributed by atoms with Gasteiger partial charge in [-0.15, -0.1) is 11.3 Å². The van der Waals surface area contributed by atoms with Gasteiger partial charge in [0.05, 0.1) is 6.04 Å². The molecule has 1 aromatic heterocycles. The maximum atomic E-state index is 13.0. The SMILES string of the molecule is CC(C)N1CCC(C(=O)N2CCCC[C@H]2c2nccs2)CC1. The van der Waals surface area contributed by atoms with E-state index in [2.05, 4.69) is 28.6 Å². The van der Waals surface area contributed by atoms with Gasteiger partial charge in [-0.25, -0.2) is 4.98 Å². The van der Waals surface area contributed by atoms with Gasteiger partial charge in [-0.2, -0.15) is 0 Å². The molecule has 1 atom stereocenters. The molecule has 1 aromatic rings. The Kier molecular flexibility index (Phi) is 5.14. The molecule has 22 heavy (non-hydrogen) atoms. The highest BCUT2D eigenvalue weighted by molar-refractivity contribution is 7.09. The van der Waals surface area contributed by atoms with Crippen LogP contribution in [0.1, 0.15) is 57.0 Å². The number of carbonyl (C=O) groups excluding carboxylic acids is 1. The molecule has 0 bridgehead atoms. The van der Waals surface area contributed by atoms with E-state index in [1.807, 2.05) is 11.6 Å². The normalized spacial score (nSPS) is 24.9. The van der Waals surface area contributed by atoms with Crippen molar-refractivity contribution in [2.75, 3.05) is 19.6 Å². The predicted molar refractivity (Wildman–Crippen MR) is 89.9 cm³/mol. The molecule has 2 fully saturated rings. The molecular weight excluding hydrogens is 294 g/mol. The van der Waals surface area contributed by atoms with Crippen LogP contribution in [0, 0.1) is 5.92 Å². The van der Waals surface area contributed by atoms with E-state index < -0.39 is 0 Å². The van der Waals surface area contributed by atoms with Crippen molar-refractivity contribution in [3.8, 4) is 0 Å². The number of likely N-dealkylation sites (tertiary alicyclic amines) is 2. The van der Waals surface area contributed by atoms with Crippen LogP contribution in [0.2, 0.25) is 0 Å². The Bertz CT molecular complexity index is 480. The highest BCUT2D eigenvalue weighted by atomic mass is 32.1. The number of rotatable bonds is 3. The van der Waals surface area contributed by atoms with Gasteiger partial charge < -0.3 is 9.80 Å². The number of aromatic nitrogens is 1. The Morgan fingerprint density at radius 2 is 2.00 bits per heavy atom. The van der Waals surface area contributed by atoms with E-state index in [9.17, 15) is 4.79 Å². The fourth-order valence-electron chi connectivity index (χ4n) is 3.75. The third-order valence-electron chi connectivity index (χ3n) is 5.13. The van der Waals surface area contributed by atoms with Gasteiger partial charge in [0.15, 0.2) is 0 Å². The average Bonchev–Trinajstić information content (AvgIpc) is 3.08. The highest BCUT2D eigenvalue weighted by Crippen LogP contribution is 2.34. The minimum absolute atomic E-state index is 0.218. The van der Waals surface area contributed by atoms with Crippen LogP contribution >= 0.6 is 11.3 Å². The highest BCUT2D eigenvalue weighted by Gasteiger charge is 2.35. The van der Waals surface area contributed by atoms with E-state index in [1.54, 1.807) is 11.3 Å². The van der Waals surface area contributed by atoms with Gasteiger partial charge in [0.1, 0.15) is 5.01 Å². The third-order valence-corrected chi connectivity index (χ3v) is 6.01. The summed E-state index contributed by atoms with van der Waals surface area (Å²) in [5, 5.41) is 3.14. The number of hydrogen-bond donors (Lipinski definition) is 0. The molecule has 0 unspecified atom stereocenters. The molecule has 0 aliphatic carbocycles. The number of piperidine rings is 2. The van der Waals surface area contributed by atoms with E-state index in [0.29, 0.717) is 11.9 Å². The first kappa shape index (κ1) is 15.9. The van der Waals surface area contributed by atoms with Crippen LogP contribution in [0.5, 0.6) is 0 Å². The van der Waals surface area contributed by atoms with Gasteiger partial charge in [0.25, 0.3) is 0 Å². The summed E-state index contributed by atoms with van der Waals surface area (Å²) in [6.07, 6.45) is 7.30. The molecule has 1 amide bonds. The van der Waals surface area contributed by atoms with E-state index in [-0.39, 0.29) is 12.0 Å². The lowest BCUT2D eigenvalue weighted by Crippen LogP contribution is -2.46. The summed E-state index contributed by atoms with van der Waals surface area (Å²) in [7, 11) is 0. The molecule has 2 saturated heterocycles. The van der Waals surface area contributed by atoms with Crippen molar-refractivity contribution in [2.45, 2.75) is 58.0 Å². The largest absolute Gasteiger partial charge is 0.333 e. The fraction of sp³-hybridized carbons (Fsp3) is 0.765. The lowest BCUT2D eigenvalue weighted by atomic mass is 9.92. The molecule has 0 N–H and O–H groups in total. The van der Waals surface area contributed by atoms with Gasteiger partial charge >= 0.3 is 0 Å². The number of amides is 1. The van der Waals surface area contributed by atoms with Gasteiger partial charge in [0, 0.05) is 30.1 Å². The minimum Gasteiger partial charge on any atom is -0.333 e. The van der Waals surface area contributed by atoms with Crippen molar-refractivity contribution in [1.82, 2.24) is 14.8 Å². The Morgan fingerprint density at radius 1 is 1.23 bits per heavy atom. The molecule has 3 rings (SSSR count). The zero-order chi connectivity index (χ0) is 15.5. The van der Waals surface area contributed by atoms with Crippen LogP contribution in [0.4, 0.5) is 0 Å². The summed E-state index contributed by atoms with van der Waals surface area (Å²) in [6, 6.07) is 0.818. The van der Waals surface area contributed by atoms with Crippen LogP contribution in [-0.4, -0.2) is 46.4 Å². The van der Waals surface area contributed by atoms with E-state index in [1.165, 1.54) is 6.42 Å². The second kappa shape index (κ2) is 7.09. The van der Waals surface area contributed by atoms with Crippen LogP contribution in [-0.2, 0) is 4.79 Å². The van der Waals surface area contributed by atoms with Crippen LogP contribution in [0.15, 0.2) is 11.6 Å². The molecule has 0 spiro atoms. The van der Waals surface area contributed by atoms with Gasteiger partial charge in [-0.3, -0.25) is 4.79 Å². The maximum Gasteiger partial charge on any atom is 0.226 e. The van der Waals surface area contributed by atoms with Crippen molar-refractivity contribution in [3.63, 3.8) is 0 Å². The zero-order valence-corrected chi connectivity index (χ0v) is 14.5. The second-order valence-electron chi connectivity index (χ2n) is 6.82. The summed E-state index contributed by atoms with van der Waals surface area (Å²) >= 11 is 1.69. The Hall–Kier alpha value is -0.940. The van der Waals surface area contributed by atoms with Crippen molar-refractivity contribution >= 4 is 17.2 Å².